The molecule has 0 aromatic carbocycles. The molecule has 2 saturated carbocycles. The van der Waals surface area contributed by atoms with Crippen LogP contribution in [0.3, 0.4) is 0 Å². The number of ether oxygens (including phenoxy) is 1. The highest BCUT2D eigenvalue weighted by atomic mass is 35.5. The number of hydrogen-bond acceptors (Lipinski definition) is 1. The summed E-state index contributed by atoms with van der Waals surface area (Å²) in [5.41, 5.74) is 1.71. The third kappa shape index (κ3) is 3.99. The summed E-state index contributed by atoms with van der Waals surface area (Å²) in [6.45, 7) is 0.972. The number of rotatable bonds is 4. The second-order valence-corrected chi connectivity index (χ2v) is 6.48. The first-order valence-corrected chi connectivity index (χ1v) is 8.03. The summed E-state index contributed by atoms with van der Waals surface area (Å²) in [6, 6.07) is 0. The molecule has 0 atom stereocenters. The molecule has 2 heteroatoms. The lowest BCUT2D eigenvalue weighted by Gasteiger charge is -2.37. The maximum atomic E-state index is 5.67. The van der Waals surface area contributed by atoms with E-state index in [1.54, 1.807) is 5.54 Å². The monoisotopic (exact) mass is 270 g/mol. The third-order valence-corrected chi connectivity index (χ3v) is 5.27. The molecule has 2 aliphatic carbocycles. The van der Waals surface area contributed by atoms with Crippen LogP contribution >= 0.6 is 11.6 Å². The summed E-state index contributed by atoms with van der Waals surface area (Å²) in [7, 11) is 1.83. The average Bonchev–Trinajstić information content (AvgIpc) is 2.41. The largest absolute Gasteiger partial charge is 0.384 e. The van der Waals surface area contributed by atoms with Crippen LogP contribution < -0.4 is 0 Å². The lowest BCUT2D eigenvalue weighted by molar-refractivity contribution is 0.0957. The van der Waals surface area contributed by atoms with Crippen molar-refractivity contribution in [3.8, 4) is 0 Å². The Bertz CT molecular complexity index is 248. The molecule has 0 radical (unpaired) electrons. The molecule has 1 nitrogen and oxygen atoms in total. The summed E-state index contributed by atoms with van der Waals surface area (Å²) in [4.78, 5) is 0. The van der Waals surface area contributed by atoms with Crippen molar-refractivity contribution in [2.75, 3.05) is 13.7 Å². The van der Waals surface area contributed by atoms with Crippen LogP contribution in [0.2, 0.25) is 0 Å². The molecule has 2 aliphatic rings. The zero-order chi connectivity index (χ0) is 12.8. The van der Waals surface area contributed by atoms with E-state index >= 15 is 0 Å². The Hall–Kier alpha value is -0.0100. The van der Waals surface area contributed by atoms with Crippen molar-refractivity contribution in [1.82, 2.24) is 0 Å². The van der Waals surface area contributed by atoms with E-state index in [0.29, 0.717) is 0 Å². The second-order valence-electron chi connectivity index (χ2n) is 6.23. The van der Waals surface area contributed by atoms with Gasteiger partial charge in [0.1, 0.15) is 0 Å². The highest BCUT2D eigenvalue weighted by molar-refractivity contribution is 6.25. The van der Waals surface area contributed by atoms with Crippen molar-refractivity contribution < 1.29 is 4.74 Å². The highest BCUT2D eigenvalue weighted by Gasteiger charge is 2.30. The van der Waals surface area contributed by atoms with Crippen LogP contribution in [-0.4, -0.2) is 13.7 Å². The topological polar surface area (TPSA) is 9.23 Å². The van der Waals surface area contributed by atoms with Crippen LogP contribution in [0.25, 0.3) is 0 Å². The molecule has 2 fully saturated rings. The van der Waals surface area contributed by atoms with Crippen molar-refractivity contribution in [2.24, 2.45) is 23.7 Å². The van der Waals surface area contributed by atoms with Gasteiger partial charge in [-0.3, -0.25) is 0 Å². The smallest absolute Gasteiger partial charge is 0.0490 e. The minimum Gasteiger partial charge on any atom is -0.384 e. The average molecular weight is 271 g/mol. The van der Waals surface area contributed by atoms with Gasteiger partial charge >= 0.3 is 0 Å². The van der Waals surface area contributed by atoms with Gasteiger partial charge in [0.15, 0.2) is 0 Å². The maximum Gasteiger partial charge on any atom is 0.0490 e. The maximum absolute atomic E-state index is 5.67. The van der Waals surface area contributed by atoms with Crippen LogP contribution in [-0.2, 0) is 4.74 Å². The molecule has 2 rings (SSSR count). The van der Waals surface area contributed by atoms with Gasteiger partial charge in [-0.25, -0.2) is 0 Å². The van der Waals surface area contributed by atoms with Crippen LogP contribution in [0.5, 0.6) is 0 Å². The molecule has 0 aliphatic heterocycles. The fourth-order valence-corrected chi connectivity index (χ4v) is 4.18. The molecule has 0 unspecified atom stereocenters. The molecule has 104 valence electrons. The normalized spacial score (nSPS) is 38.1. The Morgan fingerprint density at radius 1 is 0.944 bits per heavy atom. The molecule has 0 aromatic rings. The number of allylic oxidation sites excluding steroid dienone is 1. The van der Waals surface area contributed by atoms with Gasteiger partial charge in [0.2, 0.25) is 0 Å². The van der Waals surface area contributed by atoms with E-state index in [2.05, 4.69) is 6.08 Å². The van der Waals surface area contributed by atoms with E-state index in [1.165, 1.54) is 51.4 Å². The predicted octanol–water partition coefficient (Wildman–Crippen LogP) is 5.00. The van der Waals surface area contributed by atoms with Crippen molar-refractivity contribution in [1.29, 1.82) is 0 Å². The van der Waals surface area contributed by atoms with E-state index in [4.69, 9.17) is 16.3 Å². The van der Waals surface area contributed by atoms with Gasteiger partial charge in [-0.15, -0.1) is 0 Å². The van der Waals surface area contributed by atoms with E-state index in [0.717, 1.165) is 30.3 Å². The van der Waals surface area contributed by atoms with E-state index in [9.17, 15) is 0 Å². The Morgan fingerprint density at radius 3 is 2.00 bits per heavy atom. The molecular weight excluding hydrogens is 244 g/mol. The second kappa shape index (κ2) is 7.55. The van der Waals surface area contributed by atoms with Gasteiger partial charge < -0.3 is 4.74 Å². The quantitative estimate of drug-likeness (QED) is 0.699. The van der Waals surface area contributed by atoms with Gasteiger partial charge in [0.05, 0.1) is 0 Å². The predicted molar refractivity (Wildman–Crippen MR) is 77.8 cm³/mol. The van der Waals surface area contributed by atoms with Crippen molar-refractivity contribution >= 4 is 11.6 Å². The summed E-state index contributed by atoms with van der Waals surface area (Å²) < 4.78 is 5.28. The van der Waals surface area contributed by atoms with Crippen LogP contribution in [0.1, 0.15) is 51.4 Å². The van der Waals surface area contributed by atoms with Crippen molar-refractivity contribution in [2.45, 2.75) is 51.4 Å². The number of hydrogen-bond donors (Lipinski definition) is 0. The van der Waals surface area contributed by atoms with Crippen LogP contribution in [0.15, 0.2) is 11.6 Å². The lowest BCUT2D eigenvalue weighted by atomic mass is 9.69. The molecule has 0 amide bonds. The molecule has 0 aromatic heterocycles. The summed E-state index contributed by atoms with van der Waals surface area (Å²) >= 11 is 5.67. The van der Waals surface area contributed by atoms with E-state index in [-0.39, 0.29) is 0 Å². The Kier molecular flexibility index (Phi) is 6.04. The fraction of sp³-hybridized carbons (Fsp3) is 0.875. The first-order chi connectivity index (χ1) is 8.83. The number of methoxy groups -OCH3 is 1. The highest BCUT2D eigenvalue weighted by Crippen LogP contribution is 2.41. The fourth-order valence-electron chi connectivity index (χ4n) is 3.97. The van der Waals surface area contributed by atoms with E-state index < -0.39 is 0 Å². The molecule has 0 N–H and O–H groups in total. The lowest BCUT2D eigenvalue weighted by Crippen LogP contribution is -2.26. The molecule has 18 heavy (non-hydrogen) atoms. The van der Waals surface area contributed by atoms with Crippen molar-refractivity contribution in [3.05, 3.63) is 11.6 Å². The van der Waals surface area contributed by atoms with Gasteiger partial charge in [-0.2, -0.15) is 0 Å². The van der Waals surface area contributed by atoms with Crippen LogP contribution in [0, 0.1) is 23.7 Å². The molecule has 0 bridgehead atoms. The van der Waals surface area contributed by atoms with Gasteiger partial charge in [0, 0.05) is 19.3 Å². The molecule has 0 spiro atoms. The Labute approximate surface area is 117 Å². The minimum atomic E-state index is 0.753. The Morgan fingerprint density at radius 2 is 1.50 bits per heavy atom. The molecule has 0 saturated heterocycles. The van der Waals surface area contributed by atoms with Crippen LogP contribution in [0.4, 0.5) is 0 Å². The van der Waals surface area contributed by atoms with Gasteiger partial charge in [-0.1, -0.05) is 17.7 Å². The van der Waals surface area contributed by atoms with Gasteiger partial charge in [-0.05, 0) is 75.0 Å². The minimum absolute atomic E-state index is 0.753. The number of halogens is 1. The summed E-state index contributed by atoms with van der Waals surface area (Å²) in [6.07, 6.45) is 13.4. The Balaban J connectivity index is 1.71. The third-order valence-electron chi connectivity index (χ3n) is 5.12. The SMILES string of the molecule is COC[C@H]1CC[C@H]([C@H]2CC[C@H](/C=C/Cl)CC2)CC1. The zero-order valence-corrected chi connectivity index (χ0v) is 12.4. The standard InChI is InChI=1S/C16H27ClO/c1-18-12-14-4-8-16(9-5-14)15-6-2-13(3-7-15)10-11-17/h10-11,13-16H,2-9,12H2,1H3/b11-10+/t13-,14-,15-,16-. The van der Waals surface area contributed by atoms with E-state index in [1.807, 2.05) is 7.11 Å². The summed E-state index contributed by atoms with van der Waals surface area (Å²) in [5, 5.41) is 0. The zero-order valence-electron chi connectivity index (χ0n) is 11.6. The molecule has 0 heterocycles. The summed E-state index contributed by atoms with van der Waals surface area (Å²) in [5.74, 6) is 3.58. The first-order valence-electron chi connectivity index (χ1n) is 7.59. The molecular formula is C16H27ClO. The van der Waals surface area contributed by atoms with Crippen molar-refractivity contribution in [3.63, 3.8) is 0 Å². The van der Waals surface area contributed by atoms with Gasteiger partial charge in [0.25, 0.3) is 0 Å². The first kappa shape index (κ1) is 14.4.